The Morgan fingerprint density at radius 3 is 2.79 bits per heavy atom. The molecule has 7 heteroatoms. The van der Waals surface area contributed by atoms with Gasteiger partial charge in [0.25, 0.3) is 5.91 Å². The summed E-state index contributed by atoms with van der Waals surface area (Å²) in [6, 6.07) is 9.75. The number of carbonyl (C=O) groups is 1. The number of ether oxygens (including phenoxy) is 1. The van der Waals surface area contributed by atoms with Crippen LogP contribution in [-0.4, -0.2) is 50.9 Å². The number of para-hydroxylation sites is 2. The van der Waals surface area contributed by atoms with Crippen LogP contribution in [0.2, 0.25) is 0 Å². The molecule has 1 fully saturated rings. The molecule has 1 aromatic carbocycles. The van der Waals surface area contributed by atoms with Crippen molar-refractivity contribution in [2.45, 2.75) is 6.92 Å². The highest BCUT2D eigenvalue weighted by Crippen LogP contribution is 2.27. The Balaban J connectivity index is 1.51. The highest BCUT2D eigenvalue weighted by atomic mass is 16.5. The average molecular weight is 331 g/mol. The van der Waals surface area contributed by atoms with E-state index < -0.39 is 0 Å². The van der Waals surface area contributed by atoms with Crippen molar-refractivity contribution in [2.75, 3.05) is 50.1 Å². The van der Waals surface area contributed by atoms with Gasteiger partial charge in [0.2, 0.25) is 0 Å². The lowest BCUT2D eigenvalue weighted by Gasteiger charge is -2.33. The maximum absolute atomic E-state index is 12.1. The van der Waals surface area contributed by atoms with E-state index in [4.69, 9.17) is 9.26 Å². The van der Waals surface area contributed by atoms with E-state index in [1.807, 2.05) is 18.2 Å². The molecule has 0 aliphatic carbocycles. The maximum atomic E-state index is 12.1. The Kier molecular flexibility index (Phi) is 5.00. The van der Waals surface area contributed by atoms with Gasteiger partial charge in [0.05, 0.1) is 39.0 Å². The Labute approximate surface area is 141 Å². The number of hydrogen-bond donors (Lipinski definition) is 2. The van der Waals surface area contributed by atoms with Gasteiger partial charge in [0.1, 0.15) is 11.5 Å². The second kappa shape index (κ2) is 7.35. The fourth-order valence-corrected chi connectivity index (χ4v) is 2.97. The third-order valence-electron chi connectivity index (χ3n) is 4.20. The van der Waals surface area contributed by atoms with Crippen molar-refractivity contribution in [2.24, 2.45) is 0 Å². The minimum atomic E-state index is -0.0379. The van der Waals surface area contributed by atoms with Crippen LogP contribution in [0, 0.1) is 6.92 Å². The van der Waals surface area contributed by atoms with Crippen LogP contribution in [0.15, 0.2) is 34.9 Å². The predicted octanol–water partition coefficient (Wildman–Crippen LogP) is 0.335. The first-order valence-corrected chi connectivity index (χ1v) is 8.10. The second-order valence-electron chi connectivity index (χ2n) is 5.96. The zero-order chi connectivity index (χ0) is 16.9. The molecule has 1 aliphatic heterocycles. The molecule has 3 rings (SSSR count). The van der Waals surface area contributed by atoms with Gasteiger partial charge in [0.15, 0.2) is 12.4 Å². The number of piperazine rings is 1. The van der Waals surface area contributed by atoms with Crippen molar-refractivity contribution in [3.05, 3.63) is 36.1 Å². The lowest BCUT2D eigenvalue weighted by atomic mass is 10.2. The zero-order valence-corrected chi connectivity index (χ0v) is 14.0. The molecule has 24 heavy (non-hydrogen) atoms. The number of aryl methyl sites for hydroxylation is 1. The second-order valence-corrected chi connectivity index (χ2v) is 5.96. The summed E-state index contributed by atoms with van der Waals surface area (Å²) in [6.45, 7) is 5.83. The minimum absolute atomic E-state index is 0.0379. The van der Waals surface area contributed by atoms with E-state index in [-0.39, 0.29) is 5.91 Å². The molecule has 128 valence electrons. The van der Waals surface area contributed by atoms with Gasteiger partial charge in [-0.1, -0.05) is 17.3 Å². The number of nitrogens with zero attached hydrogens (tertiary/aromatic N) is 2. The van der Waals surface area contributed by atoms with Crippen LogP contribution < -0.4 is 19.9 Å². The number of carbonyl (C=O) groups excluding carboxylic acids is 1. The van der Waals surface area contributed by atoms with Crippen LogP contribution in [0.5, 0.6) is 5.75 Å². The quantitative estimate of drug-likeness (QED) is 0.826. The molecular weight excluding hydrogens is 308 g/mol. The van der Waals surface area contributed by atoms with Crippen LogP contribution in [0.25, 0.3) is 0 Å². The summed E-state index contributed by atoms with van der Waals surface area (Å²) in [5.74, 6) is 2.01. The molecule has 1 aliphatic rings. The smallest absolute Gasteiger partial charge is 0.280 e. The highest BCUT2D eigenvalue weighted by molar-refractivity contribution is 5.90. The monoisotopic (exact) mass is 331 g/mol. The average Bonchev–Trinajstić information content (AvgIpc) is 3.00. The van der Waals surface area contributed by atoms with Crippen molar-refractivity contribution in [1.82, 2.24) is 5.16 Å². The van der Waals surface area contributed by atoms with Crippen LogP contribution in [0.1, 0.15) is 5.76 Å². The summed E-state index contributed by atoms with van der Waals surface area (Å²) in [6.07, 6.45) is 0. The number of benzene rings is 1. The summed E-state index contributed by atoms with van der Waals surface area (Å²) >= 11 is 0. The molecule has 7 nitrogen and oxygen atoms in total. The summed E-state index contributed by atoms with van der Waals surface area (Å²) in [5, 5.41) is 6.55. The first-order valence-electron chi connectivity index (χ1n) is 8.10. The summed E-state index contributed by atoms with van der Waals surface area (Å²) in [5.41, 5.74) is 1.11. The van der Waals surface area contributed by atoms with Gasteiger partial charge in [-0.25, -0.2) is 0 Å². The van der Waals surface area contributed by atoms with Gasteiger partial charge in [0, 0.05) is 6.07 Å². The number of amides is 1. The van der Waals surface area contributed by atoms with Crippen molar-refractivity contribution < 1.29 is 19.0 Å². The summed E-state index contributed by atoms with van der Waals surface area (Å²) in [4.78, 5) is 15.7. The van der Waals surface area contributed by atoms with E-state index in [0.717, 1.165) is 37.6 Å². The number of nitrogens with one attached hydrogen (secondary N) is 2. The van der Waals surface area contributed by atoms with Crippen LogP contribution in [0.4, 0.5) is 11.5 Å². The molecule has 2 aromatic rings. The van der Waals surface area contributed by atoms with E-state index in [9.17, 15) is 4.79 Å². The standard InChI is InChI=1S/C17H22N4O3/c1-13-11-16(19-24-13)18-17(22)12-20-7-9-21(10-8-20)14-5-3-4-6-15(14)23-2/h3-6,11H,7-10,12H2,1-2H3,(H,18,19,22)/p+1. The number of aromatic nitrogens is 1. The molecule has 0 spiro atoms. The van der Waals surface area contributed by atoms with Crippen molar-refractivity contribution >= 4 is 17.4 Å². The molecular formula is C17H23N4O3+. The Bertz CT molecular complexity index is 693. The third-order valence-corrected chi connectivity index (χ3v) is 4.20. The number of methoxy groups -OCH3 is 1. The molecule has 1 amide bonds. The lowest BCUT2D eigenvalue weighted by Crippen LogP contribution is -3.15. The van der Waals surface area contributed by atoms with Gasteiger partial charge in [-0.3, -0.25) is 4.79 Å². The Morgan fingerprint density at radius 2 is 2.12 bits per heavy atom. The molecule has 0 radical (unpaired) electrons. The first-order chi connectivity index (χ1) is 11.7. The van der Waals surface area contributed by atoms with Gasteiger partial charge in [-0.15, -0.1) is 0 Å². The van der Waals surface area contributed by atoms with Crippen molar-refractivity contribution in [1.29, 1.82) is 0 Å². The molecule has 0 atom stereocenters. The molecule has 0 saturated carbocycles. The van der Waals surface area contributed by atoms with Gasteiger partial charge in [-0.05, 0) is 19.1 Å². The molecule has 1 aromatic heterocycles. The number of rotatable bonds is 5. The lowest BCUT2D eigenvalue weighted by molar-refractivity contribution is -0.892. The summed E-state index contributed by atoms with van der Waals surface area (Å²) in [7, 11) is 1.69. The van der Waals surface area contributed by atoms with Crippen molar-refractivity contribution in [3.8, 4) is 5.75 Å². The number of quaternary nitrogens is 1. The van der Waals surface area contributed by atoms with Gasteiger partial charge >= 0.3 is 0 Å². The van der Waals surface area contributed by atoms with Crippen molar-refractivity contribution in [3.63, 3.8) is 0 Å². The van der Waals surface area contributed by atoms with Crippen LogP contribution >= 0.6 is 0 Å². The fourth-order valence-electron chi connectivity index (χ4n) is 2.97. The van der Waals surface area contributed by atoms with E-state index in [1.54, 1.807) is 20.1 Å². The van der Waals surface area contributed by atoms with Gasteiger partial charge in [-0.2, -0.15) is 0 Å². The Morgan fingerprint density at radius 1 is 1.38 bits per heavy atom. The zero-order valence-electron chi connectivity index (χ0n) is 14.0. The molecule has 0 unspecified atom stereocenters. The van der Waals surface area contributed by atoms with Gasteiger partial charge < -0.3 is 24.4 Å². The third kappa shape index (κ3) is 3.86. The predicted molar refractivity (Wildman–Crippen MR) is 90.6 cm³/mol. The fraction of sp³-hybridized carbons (Fsp3) is 0.412. The SMILES string of the molecule is COc1ccccc1N1CC[NH+](CC(=O)Nc2cc(C)on2)CC1. The van der Waals surface area contributed by atoms with E-state index in [0.29, 0.717) is 18.1 Å². The maximum Gasteiger partial charge on any atom is 0.280 e. The first kappa shape index (κ1) is 16.3. The minimum Gasteiger partial charge on any atom is -0.495 e. The molecule has 1 saturated heterocycles. The van der Waals surface area contributed by atoms with E-state index >= 15 is 0 Å². The number of hydrogen-bond acceptors (Lipinski definition) is 5. The molecule has 2 N–H and O–H groups in total. The van der Waals surface area contributed by atoms with Crippen LogP contribution in [0.3, 0.4) is 0 Å². The highest BCUT2D eigenvalue weighted by Gasteiger charge is 2.24. The Hall–Kier alpha value is -2.54. The normalized spacial score (nSPS) is 15.3. The number of anilines is 2. The van der Waals surface area contributed by atoms with Crippen LogP contribution in [-0.2, 0) is 4.79 Å². The molecule has 2 heterocycles. The largest absolute Gasteiger partial charge is 0.495 e. The molecule has 0 bridgehead atoms. The van der Waals surface area contributed by atoms with E-state index in [2.05, 4.69) is 21.4 Å². The summed E-state index contributed by atoms with van der Waals surface area (Å²) < 4.78 is 10.4. The topological polar surface area (TPSA) is 72.0 Å². The van der Waals surface area contributed by atoms with E-state index in [1.165, 1.54) is 4.90 Å².